The summed E-state index contributed by atoms with van der Waals surface area (Å²) in [4.78, 5) is 20.2. The summed E-state index contributed by atoms with van der Waals surface area (Å²) in [7, 11) is 0. The van der Waals surface area contributed by atoms with Crippen LogP contribution in [0.5, 0.6) is 0 Å². The van der Waals surface area contributed by atoms with Gasteiger partial charge in [-0.05, 0) is 48.0 Å². The maximum atomic E-state index is 12.0. The topological polar surface area (TPSA) is 66.9 Å². The van der Waals surface area contributed by atoms with E-state index in [9.17, 15) is 4.79 Å². The molecule has 0 aromatic carbocycles. The third-order valence-corrected chi connectivity index (χ3v) is 2.86. The average Bonchev–Trinajstić information content (AvgIpc) is 2.40. The van der Waals surface area contributed by atoms with Crippen molar-refractivity contribution in [3.8, 4) is 0 Å². The first-order valence-electron chi connectivity index (χ1n) is 6.19. The molecule has 0 atom stereocenters. The van der Waals surface area contributed by atoms with Crippen LogP contribution >= 0.6 is 15.9 Å². The summed E-state index contributed by atoms with van der Waals surface area (Å²) in [5, 5.41) is 5.96. The molecule has 2 rings (SSSR count). The van der Waals surface area contributed by atoms with Crippen LogP contribution in [0.15, 0.2) is 41.3 Å². The zero-order chi connectivity index (χ0) is 14.5. The molecule has 2 aromatic rings. The van der Waals surface area contributed by atoms with Crippen LogP contribution in [0.1, 0.15) is 24.2 Å². The van der Waals surface area contributed by atoms with Gasteiger partial charge in [0.05, 0.1) is 17.4 Å². The van der Waals surface area contributed by atoms with Crippen LogP contribution in [-0.4, -0.2) is 21.9 Å². The second kappa shape index (κ2) is 6.47. The lowest BCUT2D eigenvalue weighted by molar-refractivity contribution is 0.102. The molecule has 6 heteroatoms. The van der Waals surface area contributed by atoms with Crippen LogP contribution in [0.2, 0.25) is 0 Å². The number of halogens is 1. The van der Waals surface area contributed by atoms with Gasteiger partial charge in [-0.25, -0.2) is 4.98 Å². The van der Waals surface area contributed by atoms with Crippen molar-refractivity contribution in [1.82, 2.24) is 9.97 Å². The molecule has 0 radical (unpaired) electrons. The summed E-state index contributed by atoms with van der Waals surface area (Å²) < 4.78 is 0.764. The largest absolute Gasteiger partial charge is 0.368 e. The van der Waals surface area contributed by atoms with Crippen molar-refractivity contribution in [3.05, 3.63) is 46.8 Å². The Morgan fingerprint density at radius 3 is 2.65 bits per heavy atom. The molecule has 2 aromatic heterocycles. The molecular formula is C14H15BrN4O. The van der Waals surface area contributed by atoms with Crippen molar-refractivity contribution in [2.45, 2.75) is 19.9 Å². The minimum atomic E-state index is -0.217. The summed E-state index contributed by atoms with van der Waals surface area (Å²) in [5.41, 5.74) is 1.13. The van der Waals surface area contributed by atoms with E-state index in [0.29, 0.717) is 17.3 Å². The van der Waals surface area contributed by atoms with E-state index < -0.39 is 0 Å². The van der Waals surface area contributed by atoms with Gasteiger partial charge in [0.15, 0.2) is 0 Å². The molecule has 0 spiro atoms. The molecule has 0 bridgehead atoms. The number of anilines is 2. The highest BCUT2D eigenvalue weighted by Crippen LogP contribution is 2.14. The number of carbonyl (C=O) groups is 1. The summed E-state index contributed by atoms with van der Waals surface area (Å²) in [6.07, 6.45) is 4.76. The highest BCUT2D eigenvalue weighted by atomic mass is 79.9. The van der Waals surface area contributed by atoms with E-state index in [1.165, 1.54) is 6.20 Å². The number of carbonyl (C=O) groups excluding carboxylic acids is 1. The van der Waals surface area contributed by atoms with Crippen molar-refractivity contribution in [2.24, 2.45) is 0 Å². The molecule has 0 saturated heterocycles. The van der Waals surface area contributed by atoms with Crippen LogP contribution in [0.25, 0.3) is 0 Å². The van der Waals surface area contributed by atoms with Gasteiger partial charge in [-0.15, -0.1) is 0 Å². The number of rotatable bonds is 4. The first-order valence-corrected chi connectivity index (χ1v) is 6.98. The maximum absolute atomic E-state index is 12.0. The van der Waals surface area contributed by atoms with Crippen molar-refractivity contribution in [1.29, 1.82) is 0 Å². The number of aromatic nitrogens is 2. The third kappa shape index (κ3) is 4.03. The van der Waals surface area contributed by atoms with Crippen molar-refractivity contribution < 1.29 is 4.79 Å². The van der Waals surface area contributed by atoms with Gasteiger partial charge in [0.1, 0.15) is 5.82 Å². The van der Waals surface area contributed by atoms with Gasteiger partial charge in [-0.3, -0.25) is 9.78 Å². The lowest BCUT2D eigenvalue weighted by Crippen LogP contribution is -2.13. The van der Waals surface area contributed by atoms with Crippen LogP contribution in [0.4, 0.5) is 11.5 Å². The van der Waals surface area contributed by atoms with Gasteiger partial charge in [0.2, 0.25) is 0 Å². The number of pyridine rings is 2. The van der Waals surface area contributed by atoms with E-state index in [1.54, 1.807) is 24.5 Å². The molecule has 0 fully saturated rings. The fraction of sp³-hybridized carbons (Fsp3) is 0.214. The first-order chi connectivity index (χ1) is 9.54. The highest BCUT2D eigenvalue weighted by molar-refractivity contribution is 9.10. The van der Waals surface area contributed by atoms with Gasteiger partial charge < -0.3 is 10.6 Å². The van der Waals surface area contributed by atoms with E-state index in [0.717, 1.165) is 10.3 Å². The molecule has 5 nitrogen and oxygen atoms in total. The van der Waals surface area contributed by atoms with E-state index in [1.807, 2.05) is 19.9 Å². The van der Waals surface area contributed by atoms with Crippen molar-refractivity contribution in [2.75, 3.05) is 10.6 Å². The van der Waals surface area contributed by atoms with E-state index in [2.05, 4.69) is 36.5 Å². The zero-order valence-electron chi connectivity index (χ0n) is 11.2. The summed E-state index contributed by atoms with van der Waals surface area (Å²) in [6.45, 7) is 4.08. The summed E-state index contributed by atoms with van der Waals surface area (Å²) >= 11 is 3.29. The van der Waals surface area contributed by atoms with Crippen LogP contribution in [0, 0.1) is 0 Å². The zero-order valence-corrected chi connectivity index (χ0v) is 12.8. The molecular weight excluding hydrogens is 320 g/mol. The highest BCUT2D eigenvalue weighted by Gasteiger charge is 2.07. The predicted molar refractivity (Wildman–Crippen MR) is 82.9 cm³/mol. The standard InChI is InChI=1S/C14H15BrN4O/c1-9(2)18-13-4-3-12(8-17-13)19-14(20)10-5-11(15)7-16-6-10/h3-9H,1-2H3,(H,17,18)(H,19,20). The van der Waals surface area contributed by atoms with E-state index >= 15 is 0 Å². The second-order valence-electron chi connectivity index (χ2n) is 4.58. The molecule has 2 N–H and O–H groups in total. The van der Waals surface area contributed by atoms with Gasteiger partial charge in [0, 0.05) is 22.9 Å². The summed E-state index contributed by atoms with van der Waals surface area (Å²) in [6, 6.07) is 5.66. The van der Waals surface area contributed by atoms with Crippen LogP contribution in [-0.2, 0) is 0 Å². The molecule has 2 heterocycles. The molecule has 0 aliphatic heterocycles. The second-order valence-corrected chi connectivity index (χ2v) is 5.49. The number of nitrogens with zero attached hydrogens (tertiary/aromatic N) is 2. The quantitative estimate of drug-likeness (QED) is 0.900. The number of hydrogen-bond donors (Lipinski definition) is 2. The molecule has 1 amide bonds. The smallest absolute Gasteiger partial charge is 0.257 e. The molecule has 104 valence electrons. The molecule has 0 unspecified atom stereocenters. The molecule has 0 aliphatic carbocycles. The fourth-order valence-corrected chi connectivity index (χ4v) is 1.95. The van der Waals surface area contributed by atoms with E-state index in [-0.39, 0.29) is 5.91 Å². The monoisotopic (exact) mass is 334 g/mol. The minimum Gasteiger partial charge on any atom is -0.368 e. The number of nitrogens with one attached hydrogen (secondary N) is 2. The van der Waals surface area contributed by atoms with Gasteiger partial charge in [-0.1, -0.05) is 0 Å². The van der Waals surface area contributed by atoms with E-state index in [4.69, 9.17) is 0 Å². The fourth-order valence-electron chi connectivity index (χ4n) is 1.59. The lowest BCUT2D eigenvalue weighted by atomic mass is 10.2. The average molecular weight is 335 g/mol. The number of amides is 1. The van der Waals surface area contributed by atoms with Gasteiger partial charge in [0.25, 0.3) is 5.91 Å². The molecule has 0 aliphatic rings. The first kappa shape index (κ1) is 14.5. The van der Waals surface area contributed by atoms with Crippen LogP contribution in [0.3, 0.4) is 0 Å². The normalized spacial score (nSPS) is 10.4. The van der Waals surface area contributed by atoms with Crippen molar-refractivity contribution in [3.63, 3.8) is 0 Å². The predicted octanol–water partition coefficient (Wildman–Crippen LogP) is 3.31. The third-order valence-electron chi connectivity index (χ3n) is 2.42. The van der Waals surface area contributed by atoms with Gasteiger partial charge in [-0.2, -0.15) is 0 Å². The Labute approximate surface area is 126 Å². The SMILES string of the molecule is CC(C)Nc1ccc(NC(=O)c2cncc(Br)c2)cn1. The van der Waals surface area contributed by atoms with Gasteiger partial charge >= 0.3 is 0 Å². The molecule has 0 saturated carbocycles. The Morgan fingerprint density at radius 1 is 1.25 bits per heavy atom. The number of hydrogen-bond acceptors (Lipinski definition) is 4. The Morgan fingerprint density at radius 2 is 2.05 bits per heavy atom. The van der Waals surface area contributed by atoms with Crippen molar-refractivity contribution >= 4 is 33.3 Å². The maximum Gasteiger partial charge on any atom is 0.257 e. The lowest BCUT2D eigenvalue weighted by Gasteiger charge is -2.10. The Balaban J connectivity index is 2.04. The Kier molecular flexibility index (Phi) is 4.68. The Hall–Kier alpha value is -1.95. The summed E-state index contributed by atoms with van der Waals surface area (Å²) in [5.74, 6) is 0.562. The minimum absolute atomic E-state index is 0.217. The molecule has 20 heavy (non-hydrogen) atoms. The van der Waals surface area contributed by atoms with Crippen LogP contribution < -0.4 is 10.6 Å². The Bertz CT molecular complexity index is 598.